The Hall–Kier alpha value is -1.36. The molecule has 0 aliphatic carbocycles. The van der Waals surface area contributed by atoms with Gasteiger partial charge in [-0.1, -0.05) is 41.5 Å². The van der Waals surface area contributed by atoms with Crippen molar-refractivity contribution >= 4 is 28.2 Å². The first-order valence-electron chi connectivity index (χ1n) is 8.64. The Morgan fingerprint density at radius 3 is 2.38 bits per heavy atom. The number of carbonyl (C=O) groups excluding carboxylic acids is 2. The molecule has 0 radical (unpaired) electrons. The van der Waals surface area contributed by atoms with E-state index in [1.807, 2.05) is 6.07 Å². The molecule has 0 fully saturated rings. The first-order chi connectivity index (χ1) is 11.0. The standard InChI is InChI=1S/C19H31NO3S/c1-8-23-18(22)14-10-15(12(2)3)24-17(14)20-16(21)9-13(4)11-19(5,6)7/h10,12-13H,8-9,11H2,1-7H3,(H,20,21)/t13-/m0/s1. The Bertz CT molecular complexity index is 570. The van der Waals surface area contributed by atoms with Crippen molar-refractivity contribution in [1.82, 2.24) is 0 Å². The minimum absolute atomic E-state index is 0.0468. The topological polar surface area (TPSA) is 55.4 Å². The fourth-order valence-corrected chi connectivity index (χ4v) is 3.82. The second kappa shape index (κ2) is 8.65. The van der Waals surface area contributed by atoms with Crippen molar-refractivity contribution in [2.45, 2.75) is 67.2 Å². The van der Waals surface area contributed by atoms with Gasteiger partial charge in [0, 0.05) is 11.3 Å². The summed E-state index contributed by atoms with van der Waals surface area (Å²) in [5.41, 5.74) is 0.658. The molecular weight excluding hydrogens is 322 g/mol. The number of rotatable bonds is 7. The van der Waals surface area contributed by atoms with Crippen molar-refractivity contribution in [3.8, 4) is 0 Å². The first-order valence-corrected chi connectivity index (χ1v) is 9.45. The molecule has 24 heavy (non-hydrogen) atoms. The largest absolute Gasteiger partial charge is 0.462 e. The Kier molecular flexibility index (Phi) is 7.46. The molecule has 136 valence electrons. The van der Waals surface area contributed by atoms with Crippen LogP contribution in [0.25, 0.3) is 0 Å². The molecule has 0 aliphatic heterocycles. The van der Waals surface area contributed by atoms with Crippen molar-refractivity contribution in [3.63, 3.8) is 0 Å². The molecule has 0 saturated heterocycles. The Labute approximate surface area is 150 Å². The second-order valence-electron chi connectivity index (χ2n) is 7.89. The lowest BCUT2D eigenvalue weighted by molar-refractivity contribution is -0.117. The molecule has 1 aromatic heterocycles. The smallest absolute Gasteiger partial charge is 0.341 e. The van der Waals surface area contributed by atoms with E-state index in [1.54, 1.807) is 6.92 Å². The number of carbonyl (C=O) groups is 2. The molecule has 1 atom stereocenters. The van der Waals surface area contributed by atoms with Gasteiger partial charge in [-0.3, -0.25) is 4.79 Å². The molecule has 1 amide bonds. The minimum atomic E-state index is -0.376. The normalized spacial score (nSPS) is 13.0. The molecule has 1 heterocycles. The third-order valence-electron chi connectivity index (χ3n) is 3.56. The van der Waals surface area contributed by atoms with E-state index in [2.05, 4.69) is 46.9 Å². The number of amides is 1. The van der Waals surface area contributed by atoms with Gasteiger partial charge in [0.05, 0.1) is 12.2 Å². The summed E-state index contributed by atoms with van der Waals surface area (Å²) in [7, 11) is 0. The summed E-state index contributed by atoms with van der Waals surface area (Å²) in [6.45, 7) is 14.8. The number of anilines is 1. The van der Waals surface area contributed by atoms with E-state index in [1.165, 1.54) is 11.3 Å². The van der Waals surface area contributed by atoms with Gasteiger partial charge in [0.1, 0.15) is 5.00 Å². The van der Waals surface area contributed by atoms with Gasteiger partial charge in [-0.05, 0) is 36.7 Å². The van der Waals surface area contributed by atoms with Crippen molar-refractivity contribution in [1.29, 1.82) is 0 Å². The van der Waals surface area contributed by atoms with Crippen LogP contribution in [0.2, 0.25) is 0 Å². The zero-order chi connectivity index (χ0) is 18.5. The molecule has 0 aliphatic rings. The molecule has 0 bridgehead atoms. The monoisotopic (exact) mass is 353 g/mol. The third kappa shape index (κ3) is 6.63. The van der Waals surface area contributed by atoms with Gasteiger partial charge in [-0.25, -0.2) is 4.79 Å². The van der Waals surface area contributed by atoms with E-state index in [9.17, 15) is 9.59 Å². The van der Waals surface area contributed by atoms with E-state index in [0.29, 0.717) is 35.4 Å². The molecule has 1 rings (SSSR count). The average molecular weight is 354 g/mol. The van der Waals surface area contributed by atoms with Crippen LogP contribution in [-0.4, -0.2) is 18.5 Å². The lowest BCUT2D eigenvalue weighted by Crippen LogP contribution is -2.19. The zero-order valence-corrected chi connectivity index (χ0v) is 16.8. The van der Waals surface area contributed by atoms with Crippen LogP contribution < -0.4 is 5.32 Å². The summed E-state index contributed by atoms with van der Waals surface area (Å²) in [5.74, 6) is 0.169. The van der Waals surface area contributed by atoms with Gasteiger partial charge in [-0.15, -0.1) is 11.3 Å². The van der Waals surface area contributed by atoms with E-state index in [0.717, 1.165) is 11.3 Å². The third-order valence-corrected chi connectivity index (χ3v) is 4.91. The van der Waals surface area contributed by atoms with Crippen molar-refractivity contribution < 1.29 is 14.3 Å². The van der Waals surface area contributed by atoms with Crippen molar-refractivity contribution in [3.05, 3.63) is 16.5 Å². The van der Waals surface area contributed by atoms with Gasteiger partial charge < -0.3 is 10.1 Å². The molecule has 0 aromatic carbocycles. The van der Waals surface area contributed by atoms with Crippen LogP contribution in [0.1, 0.15) is 82.5 Å². The van der Waals surface area contributed by atoms with Crippen LogP contribution >= 0.6 is 11.3 Å². The highest BCUT2D eigenvalue weighted by molar-refractivity contribution is 7.16. The maximum absolute atomic E-state index is 12.4. The molecule has 5 heteroatoms. The van der Waals surface area contributed by atoms with E-state index in [-0.39, 0.29) is 17.3 Å². The summed E-state index contributed by atoms with van der Waals surface area (Å²) in [6, 6.07) is 1.83. The Morgan fingerprint density at radius 2 is 1.88 bits per heavy atom. The summed E-state index contributed by atoms with van der Waals surface area (Å²) >= 11 is 1.46. The molecule has 1 N–H and O–H groups in total. The maximum Gasteiger partial charge on any atom is 0.341 e. The molecule has 0 unspecified atom stereocenters. The van der Waals surface area contributed by atoms with E-state index in [4.69, 9.17) is 4.74 Å². The minimum Gasteiger partial charge on any atom is -0.462 e. The predicted octanol–water partition coefficient (Wildman–Crippen LogP) is 5.45. The zero-order valence-electron chi connectivity index (χ0n) is 16.0. The second-order valence-corrected chi connectivity index (χ2v) is 8.97. The lowest BCUT2D eigenvalue weighted by Gasteiger charge is -2.22. The highest BCUT2D eigenvalue weighted by Crippen LogP contribution is 2.34. The SMILES string of the molecule is CCOC(=O)c1cc(C(C)C)sc1NC(=O)C[C@H](C)CC(C)(C)C. The number of hydrogen-bond donors (Lipinski definition) is 1. The number of esters is 1. The van der Waals surface area contributed by atoms with Crippen LogP contribution in [0, 0.1) is 11.3 Å². The molecule has 1 aromatic rings. The highest BCUT2D eigenvalue weighted by Gasteiger charge is 2.22. The maximum atomic E-state index is 12.4. The van der Waals surface area contributed by atoms with Crippen LogP contribution in [-0.2, 0) is 9.53 Å². The highest BCUT2D eigenvalue weighted by atomic mass is 32.1. The number of ether oxygens (including phenoxy) is 1. The van der Waals surface area contributed by atoms with Crippen LogP contribution in [0.4, 0.5) is 5.00 Å². The Morgan fingerprint density at radius 1 is 1.25 bits per heavy atom. The van der Waals surface area contributed by atoms with Gasteiger partial charge >= 0.3 is 5.97 Å². The fraction of sp³-hybridized carbons (Fsp3) is 0.684. The number of thiophene rings is 1. The predicted molar refractivity (Wildman–Crippen MR) is 101 cm³/mol. The van der Waals surface area contributed by atoms with Gasteiger partial charge in [0.15, 0.2) is 0 Å². The van der Waals surface area contributed by atoms with E-state index < -0.39 is 0 Å². The number of hydrogen-bond acceptors (Lipinski definition) is 4. The summed E-state index contributed by atoms with van der Waals surface area (Å²) in [5, 5.41) is 3.52. The van der Waals surface area contributed by atoms with Crippen molar-refractivity contribution in [2.24, 2.45) is 11.3 Å². The van der Waals surface area contributed by atoms with Crippen LogP contribution in [0.15, 0.2) is 6.07 Å². The van der Waals surface area contributed by atoms with Crippen LogP contribution in [0.5, 0.6) is 0 Å². The molecular formula is C19H31NO3S. The lowest BCUT2D eigenvalue weighted by atomic mass is 9.84. The van der Waals surface area contributed by atoms with Crippen LogP contribution in [0.3, 0.4) is 0 Å². The average Bonchev–Trinajstić information content (AvgIpc) is 2.80. The molecule has 4 nitrogen and oxygen atoms in total. The first kappa shape index (κ1) is 20.7. The fourth-order valence-electron chi connectivity index (χ4n) is 2.76. The number of nitrogens with one attached hydrogen (secondary N) is 1. The summed E-state index contributed by atoms with van der Waals surface area (Å²) in [6.07, 6.45) is 1.43. The summed E-state index contributed by atoms with van der Waals surface area (Å²) in [4.78, 5) is 25.6. The van der Waals surface area contributed by atoms with Crippen molar-refractivity contribution in [2.75, 3.05) is 11.9 Å². The van der Waals surface area contributed by atoms with Gasteiger partial charge in [0.2, 0.25) is 5.91 Å². The molecule has 0 saturated carbocycles. The quantitative estimate of drug-likeness (QED) is 0.663. The molecule has 0 spiro atoms. The van der Waals surface area contributed by atoms with Gasteiger partial charge in [-0.2, -0.15) is 0 Å². The van der Waals surface area contributed by atoms with Gasteiger partial charge in [0.25, 0.3) is 0 Å². The summed E-state index contributed by atoms with van der Waals surface area (Å²) < 4.78 is 5.11. The van der Waals surface area contributed by atoms with E-state index >= 15 is 0 Å². The Balaban J connectivity index is 2.85.